The molecule has 0 saturated heterocycles. The van der Waals surface area contributed by atoms with Gasteiger partial charge in [0.2, 0.25) is 5.91 Å². The highest BCUT2D eigenvalue weighted by Gasteiger charge is 2.30. The summed E-state index contributed by atoms with van der Waals surface area (Å²) in [6.45, 7) is 3.77. The molecule has 0 bridgehead atoms. The molecule has 104 valence electrons. The van der Waals surface area contributed by atoms with Gasteiger partial charge in [-0.1, -0.05) is 20.3 Å². The van der Waals surface area contributed by atoms with E-state index in [-0.39, 0.29) is 23.8 Å². The molecule has 0 aromatic heterocycles. The smallest absolute Gasteiger partial charge is 0.326 e. The van der Waals surface area contributed by atoms with Crippen molar-refractivity contribution in [1.29, 1.82) is 0 Å². The molecule has 1 aliphatic rings. The highest BCUT2D eigenvalue weighted by Crippen LogP contribution is 2.23. The van der Waals surface area contributed by atoms with Crippen molar-refractivity contribution in [3.8, 4) is 0 Å². The minimum absolute atomic E-state index is 0.0581. The largest absolute Gasteiger partial charge is 0.480 e. The predicted octanol–water partition coefficient (Wildman–Crippen LogP) is 1.12. The third-order valence-corrected chi connectivity index (χ3v) is 3.92. The number of amides is 1. The second-order valence-electron chi connectivity index (χ2n) is 5.32. The lowest BCUT2D eigenvalue weighted by atomic mass is 9.85. The molecule has 1 amide bonds. The van der Waals surface area contributed by atoms with E-state index in [1.807, 2.05) is 13.8 Å². The minimum Gasteiger partial charge on any atom is -0.480 e. The van der Waals surface area contributed by atoms with Crippen molar-refractivity contribution in [3.05, 3.63) is 0 Å². The molecular weight excluding hydrogens is 232 g/mol. The zero-order chi connectivity index (χ0) is 13.7. The van der Waals surface area contributed by atoms with E-state index in [0.29, 0.717) is 0 Å². The van der Waals surface area contributed by atoms with Gasteiger partial charge in [0.25, 0.3) is 0 Å². The molecule has 4 N–H and O–H groups in total. The van der Waals surface area contributed by atoms with Crippen molar-refractivity contribution in [2.45, 2.75) is 58.0 Å². The summed E-state index contributed by atoms with van der Waals surface area (Å²) in [6, 6.07) is -0.586. The summed E-state index contributed by atoms with van der Waals surface area (Å²) in [7, 11) is 0. The number of nitrogens with two attached hydrogens (primary N) is 1. The van der Waals surface area contributed by atoms with Crippen LogP contribution in [-0.2, 0) is 9.59 Å². The Labute approximate surface area is 108 Å². The topological polar surface area (TPSA) is 92.4 Å². The molecule has 2 atom stereocenters. The van der Waals surface area contributed by atoms with Crippen molar-refractivity contribution in [1.82, 2.24) is 5.32 Å². The summed E-state index contributed by atoms with van der Waals surface area (Å²) in [6.07, 6.45) is 3.95. The van der Waals surface area contributed by atoms with Crippen molar-refractivity contribution in [2.24, 2.45) is 17.6 Å². The summed E-state index contributed by atoms with van der Waals surface area (Å²) in [5.41, 5.74) is 5.79. The SMILES string of the molecule is CCC(C)[C@H](NC(=O)C1CCC(N)CC1)C(=O)O. The monoisotopic (exact) mass is 256 g/mol. The molecule has 1 unspecified atom stereocenters. The van der Waals surface area contributed by atoms with E-state index in [1.54, 1.807) is 0 Å². The molecule has 0 aliphatic heterocycles. The zero-order valence-electron chi connectivity index (χ0n) is 11.2. The number of carboxylic acid groups (broad SMARTS) is 1. The summed E-state index contributed by atoms with van der Waals surface area (Å²) in [4.78, 5) is 23.2. The van der Waals surface area contributed by atoms with E-state index in [2.05, 4.69) is 5.32 Å². The molecular formula is C13H24N2O3. The Hall–Kier alpha value is -1.10. The summed E-state index contributed by atoms with van der Waals surface area (Å²) in [5.74, 6) is -1.21. The fourth-order valence-corrected chi connectivity index (χ4v) is 2.34. The zero-order valence-corrected chi connectivity index (χ0v) is 11.2. The number of carbonyl (C=O) groups excluding carboxylic acids is 1. The predicted molar refractivity (Wildman–Crippen MR) is 69.0 cm³/mol. The van der Waals surface area contributed by atoms with Gasteiger partial charge < -0.3 is 16.2 Å². The van der Waals surface area contributed by atoms with Crippen LogP contribution in [-0.4, -0.2) is 29.1 Å². The Morgan fingerprint density at radius 2 is 1.89 bits per heavy atom. The van der Waals surface area contributed by atoms with Gasteiger partial charge in [0.05, 0.1) is 0 Å². The average molecular weight is 256 g/mol. The van der Waals surface area contributed by atoms with Gasteiger partial charge in [-0.2, -0.15) is 0 Å². The first-order valence-electron chi connectivity index (χ1n) is 6.74. The van der Waals surface area contributed by atoms with E-state index in [4.69, 9.17) is 10.8 Å². The molecule has 5 nitrogen and oxygen atoms in total. The Morgan fingerprint density at radius 1 is 1.33 bits per heavy atom. The molecule has 0 radical (unpaired) electrons. The minimum atomic E-state index is -0.954. The van der Waals surface area contributed by atoms with Crippen LogP contribution >= 0.6 is 0 Å². The normalized spacial score (nSPS) is 27.3. The highest BCUT2D eigenvalue weighted by molar-refractivity contribution is 5.85. The second-order valence-corrected chi connectivity index (χ2v) is 5.32. The molecule has 1 fully saturated rings. The van der Waals surface area contributed by atoms with Gasteiger partial charge in [0.1, 0.15) is 6.04 Å². The van der Waals surface area contributed by atoms with Crippen LogP contribution in [0.25, 0.3) is 0 Å². The van der Waals surface area contributed by atoms with Gasteiger partial charge in [-0.25, -0.2) is 4.79 Å². The lowest BCUT2D eigenvalue weighted by Crippen LogP contribution is -2.48. The molecule has 0 aromatic carbocycles. The summed E-state index contributed by atoms with van der Waals surface area (Å²) < 4.78 is 0. The van der Waals surface area contributed by atoms with E-state index in [9.17, 15) is 9.59 Å². The van der Waals surface area contributed by atoms with E-state index < -0.39 is 12.0 Å². The van der Waals surface area contributed by atoms with Crippen LogP contribution < -0.4 is 11.1 Å². The molecule has 18 heavy (non-hydrogen) atoms. The van der Waals surface area contributed by atoms with Gasteiger partial charge in [0.15, 0.2) is 0 Å². The maximum absolute atomic E-state index is 12.0. The van der Waals surface area contributed by atoms with Gasteiger partial charge >= 0.3 is 5.97 Å². The fraction of sp³-hybridized carbons (Fsp3) is 0.846. The molecule has 0 heterocycles. The number of carboxylic acids is 1. The van der Waals surface area contributed by atoms with Crippen molar-refractivity contribution < 1.29 is 14.7 Å². The quantitative estimate of drug-likeness (QED) is 0.687. The van der Waals surface area contributed by atoms with Crippen molar-refractivity contribution in [3.63, 3.8) is 0 Å². The van der Waals surface area contributed by atoms with Crippen LogP contribution in [0.3, 0.4) is 0 Å². The third-order valence-electron chi connectivity index (χ3n) is 3.92. The van der Waals surface area contributed by atoms with Crippen LogP contribution in [0.1, 0.15) is 46.0 Å². The van der Waals surface area contributed by atoms with E-state index in [0.717, 1.165) is 32.1 Å². The molecule has 0 spiro atoms. The average Bonchev–Trinajstić information content (AvgIpc) is 2.35. The number of hydrogen-bond acceptors (Lipinski definition) is 3. The number of carbonyl (C=O) groups is 2. The van der Waals surface area contributed by atoms with Crippen LogP contribution in [0.4, 0.5) is 0 Å². The molecule has 5 heteroatoms. The number of nitrogens with one attached hydrogen (secondary N) is 1. The number of aliphatic carboxylic acids is 1. The number of rotatable bonds is 5. The van der Waals surface area contributed by atoms with Crippen molar-refractivity contribution in [2.75, 3.05) is 0 Å². The fourth-order valence-electron chi connectivity index (χ4n) is 2.34. The first-order valence-corrected chi connectivity index (χ1v) is 6.74. The molecule has 1 saturated carbocycles. The summed E-state index contributed by atoms with van der Waals surface area (Å²) >= 11 is 0. The molecule has 0 aromatic rings. The standard InChI is InChI=1S/C13H24N2O3/c1-3-8(2)11(13(17)18)15-12(16)9-4-6-10(14)7-5-9/h8-11H,3-7,14H2,1-2H3,(H,15,16)(H,17,18)/t8?,9?,10?,11-/m0/s1. The van der Waals surface area contributed by atoms with Crippen LogP contribution in [0.2, 0.25) is 0 Å². The Balaban J connectivity index is 2.53. The van der Waals surface area contributed by atoms with Crippen LogP contribution in [0.15, 0.2) is 0 Å². The Kier molecular flexibility index (Phi) is 5.59. The van der Waals surface area contributed by atoms with Gasteiger partial charge in [-0.3, -0.25) is 4.79 Å². The van der Waals surface area contributed by atoms with Crippen LogP contribution in [0, 0.1) is 11.8 Å². The van der Waals surface area contributed by atoms with Crippen LogP contribution in [0.5, 0.6) is 0 Å². The highest BCUT2D eigenvalue weighted by atomic mass is 16.4. The Morgan fingerprint density at radius 3 is 2.33 bits per heavy atom. The second kappa shape index (κ2) is 6.73. The molecule has 1 aliphatic carbocycles. The lowest BCUT2D eigenvalue weighted by molar-refractivity contribution is -0.144. The summed E-state index contributed by atoms with van der Waals surface area (Å²) in [5, 5.41) is 11.8. The first kappa shape index (κ1) is 15.0. The first-order chi connectivity index (χ1) is 8.45. The van der Waals surface area contributed by atoms with Gasteiger partial charge in [0, 0.05) is 12.0 Å². The maximum atomic E-state index is 12.0. The van der Waals surface area contributed by atoms with Crippen molar-refractivity contribution >= 4 is 11.9 Å². The lowest BCUT2D eigenvalue weighted by Gasteiger charge is -2.27. The van der Waals surface area contributed by atoms with E-state index >= 15 is 0 Å². The number of hydrogen-bond donors (Lipinski definition) is 3. The maximum Gasteiger partial charge on any atom is 0.326 e. The van der Waals surface area contributed by atoms with Gasteiger partial charge in [-0.05, 0) is 31.6 Å². The third kappa shape index (κ3) is 3.98. The molecule has 1 rings (SSSR count). The van der Waals surface area contributed by atoms with Gasteiger partial charge in [-0.15, -0.1) is 0 Å². The van der Waals surface area contributed by atoms with E-state index in [1.165, 1.54) is 0 Å². The Bertz CT molecular complexity index is 299.